The molecule has 2 nitrogen and oxygen atoms in total. The first-order valence-electron chi connectivity index (χ1n) is 3.38. The Morgan fingerprint density at radius 3 is 2.80 bits per heavy atom. The normalized spacial score (nSPS) is 11.9. The molecule has 0 saturated heterocycles. The van der Waals surface area contributed by atoms with Gasteiger partial charge in [-0.25, -0.2) is 0 Å². The molecule has 0 heterocycles. The molecule has 0 aromatic carbocycles. The standard InChI is InChI=1S/C8H14O2/c1-3-4-5-8(9)6-7-10-2/h8-9H,5-7H2,1-2H3. The number of aliphatic hydroxyl groups excluding tert-OH is 1. The first kappa shape index (κ1) is 9.48. The molecule has 1 N–H and O–H groups in total. The summed E-state index contributed by atoms with van der Waals surface area (Å²) >= 11 is 0. The minimum absolute atomic E-state index is 0.326. The molecule has 0 radical (unpaired) electrons. The molecule has 0 bridgehead atoms. The van der Waals surface area contributed by atoms with Crippen LogP contribution in [0.4, 0.5) is 0 Å². The Labute approximate surface area is 62.2 Å². The molecule has 0 rings (SSSR count). The zero-order valence-electron chi connectivity index (χ0n) is 6.55. The second-order valence-electron chi connectivity index (χ2n) is 2.07. The van der Waals surface area contributed by atoms with E-state index in [2.05, 4.69) is 11.8 Å². The van der Waals surface area contributed by atoms with E-state index in [9.17, 15) is 0 Å². The fraction of sp³-hybridized carbons (Fsp3) is 0.750. The van der Waals surface area contributed by atoms with Gasteiger partial charge in [0.1, 0.15) is 0 Å². The fourth-order valence-electron chi connectivity index (χ4n) is 0.576. The van der Waals surface area contributed by atoms with Gasteiger partial charge in [0.05, 0.1) is 6.10 Å². The molecule has 0 amide bonds. The second kappa shape index (κ2) is 6.60. The van der Waals surface area contributed by atoms with Crippen molar-refractivity contribution in [1.29, 1.82) is 0 Å². The SMILES string of the molecule is CC#CCC(O)CCOC. The van der Waals surface area contributed by atoms with Gasteiger partial charge in [0.2, 0.25) is 0 Å². The lowest BCUT2D eigenvalue weighted by atomic mass is 10.2. The molecule has 2 heteroatoms. The van der Waals surface area contributed by atoms with Crippen LogP contribution in [0, 0.1) is 11.8 Å². The fourth-order valence-corrected chi connectivity index (χ4v) is 0.576. The summed E-state index contributed by atoms with van der Waals surface area (Å²) in [5.41, 5.74) is 0. The highest BCUT2D eigenvalue weighted by molar-refractivity contribution is 4.96. The molecule has 0 aliphatic heterocycles. The Balaban J connectivity index is 3.21. The van der Waals surface area contributed by atoms with E-state index < -0.39 is 0 Å². The number of methoxy groups -OCH3 is 1. The molecule has 0 aliphatic rings. The maximum atomic E-state index is 9.13. The van der Waals surface area contributed by atoms with Gasteiger partial charge in [-0.3, -0.25) is 0 Å². The number of aliphatic hydroxyl groups is 1. The summed E-state index contributed by atoms with van der Waals surface area (Å²) in [5.74, 6) is 5.53. The van der Waals surface area contributed by atoms with Crippen LogP contribution in [0.2, 0.25) is 0 Å². The van der Waals surface area contributed by atoms with Crippen LogP contribution in [-0.2, 0) is 4.74 Å². The molecule has 0 saturated carbocycles. The Hall–Kier alpha value is -0.520. The largest absolute Gasteiger partial charge is 0.392 e. The van der Waals surface area contributed by atoms with Gasteiger partial charge in [-0.1, -0.05) is 0 Å². The van der Waals surface area contributed by atoms with Crippen molar-refractivity contribution in [3.8, 4) is 11.8 Å². The summed E-state index contributed by atoms with van der Waals surface area (Å²) < 4.78 is 4.78. The Morgan fingerprint density at radius 1 is 1.60 bits per heavy atom. The molecule has 0 aliphatic carbocycles. The lowest BCUT2D eigenvalue weighted by Gasteiger charge is -2.03. The summed E-state index contributed by atoms with van der Waals surface area (Å²) in [4.78, 5) is 0. The van der Waals surface area contributed by atoms with Crippen molar-refractivity contribution in [1.82, 2.24) is 0 Å². The van der Waals surface area contributed by atoms with E-state index >= 15 is 0 Å². The summed E-state index contributed by atoms with van der Waals surface area (Å²) in [5, 5.41) is 9.13. The van der Waals surface area contributed by atoms with Crippen molar-refractivity contribution in [3.05, 3.63) is 0 Å². The Kier molecular flexibility index (Phi) is 6.25. The van der Waals surface area contributed by atoms with Crippen LogP contribution in [0.15, 0.2) is 0 Å². The molecule has 1 atom stereocenters. The smallest absolute Gasteiger partial charge is 0.0671 e. The van der Waals surface area contributed by atoms with E-state index in [4.69, 9.17) is 9.84 Å². The van der Waals surface area contributed by atoms with E-state index in [-0.39, 0.29) is 6.10 Å². The lowest BCUT2D eigenvalue weighted by molar-refractivity contribution is 0.113. The third kappa shape index (κ3) is 5.61. The van der Waals surface area contributed by atoms with E-state index in [0.717, 1.165) is 0 Å². The van der Waals surface area contributed by atoms with Crippen LogP contribution in [0.25, 0.3) is 0 Å². The van der Waals surface area contributed by atoms with Gasteiger partial charge in [0.25, 0.3) is 0 Å². The van der Waals surface area contributed by atoms with Crippen LogP contribution in [0.1, 0.15) is 19.8 Å². The average Bonchev–Trinajstić information content (AvgIpc) is 1.97. The highest BCUT2D eigenvalue weighted by Gasteiger charge is 1.99. The Bertz CT molecular complexity index is 121. The van der Waals surface area contributed by atoms with Gasteiger partial charge in [0.15, 0.2) is 0 Å². The van der Waals surface area contributed by atoms with Crippen LogP contribution in [-0.4, -0.2) is 24.9 Å². The van der Waals surface area contributed by atoms with Crippen LogP contribution in [0.5, 0.6) is 0 Å². The van der Waals surface area contributed by atoms with Crippen LogP contribution in [0.3, 0.4) is 0 Å². The summed E-state index contributed by atoms with van der Waals surface area (Å²) in [6.45, 7) is 2.37. The lowest BCUT2D eigenvalue weighted by Crippen LogP contribution is -2.08. The summed E-state index contributed by atoms with van der Waals surface area (Å²) in [6, 6.07) is 0. The van der Waals surface area contributed by atoms with Crippen molar-refractivity contribution < 1.29 is 9.84 Å². The number of hydrogen-bond acceptors (Lipinski definition) is 2. The minimum Gasteiger partial charge on any atom is -0.392 e. The van der Waals surface area contributed by atoms with Crippen LogP contribution >= 0.6 is 0 Å². The zero-order valence-corrected chi connectivity index (χ0v) is 6.55. The van der Waals surface area contributed by atoms with Gasteiger partial charge in [-0.2, -0.15) is 0 Å². The number of rotatable bonds is 4. The molecule has 1 unspecified atom stereocenters. The minimum atomic E-state index is -0.326. The predicted molar refractivity (Wildman–Crippen MR) is 40.6 cm³/mol. The van der Waals surface area contributed by atoms with Gasteiger partial charge >= 0.3 is 0 Å². The third-order valence-electron chi connectivity index (χ3n) is 1.17. The number of ether oxygens (including phenoxy) is 1. The summed E-state index contributed by atoms with van der Waals surface area (Å²) in [6.07, 6.45) is 0.901. The van der Waals surface area contributed by atoms with Crippen molar-refractivity contribution >= 4 is 0 Å². The van der Waals surface area contributed by atoms with Crippen molar-refractivity contribution in [2.45, 2.75) is 25.9 Å². The molecular formula is C8H14O2. The maximum absolute atomic E-state index is 9.13. The maximum Gasteiger partial charge on any atom is 0.0671 e. The molecule has 0 aromatic heterocycles. The van der Waals surface area contributed by atoms with E-state index in [0.29, 0.717) is 19.4 Å². The highest BCUT2D eigenvalue weighted by atomic mass is 16.5. The van der Waals surface area contributed by atoms with Gasteiger partial charge in [0, 0.05) is 20.1 Å². The zero-order chi connectivity index (χ0) is 7.82. The highest BCUT2D eigenvalue weighted by Crippen LogP contribution is 1.95. The molecule has 10 heavy (non-hydrogen) atoms. The number of hydrogen-bond donors (Lipinski definition) is 1. The van der Waals surface area contributed by atoms with Gasteiger partial charge in [-0.05, 0) is 13.3 Å². The molecular weight excluding hydrogens is 128 g/mol. The van der Waals surface area contributed by atoms with Crippen LogP contribution < -0.4 is 0 Å². The monoisotopic (exact) mass is 142 g/mol. The van der Waals surface area contributed by atoms with Crippen molar-refractivity contribution in [2.24, 2.45) is 0 Å². The predicted octanol–water partition coefficient (Wildman–Crippen LogP) is 0.797. The first-order valence-corrected chi connectivity index (χ1v) is 3.38. The van der Waals surface area contributed by atoms with Gasteiger partial charge < -0.3 is 9.84 Å². The third-order valence-corrected chi connectivity index (χ3v) is 1.17. The molecule has 0 spiro atoms. The van der Waals surface area contributed by atoms with Gasteiger partial charge in [-0.15, -0.1) is 11.8 Å². The Morgan fingerprint density at radius 2 is 2.30 bits per heavy atom. The quantitative estimate of drug-likeness (QED) is 0.588. The average molecular weight is 142 g/mol. The molecule has 0 aromatic rings. The van der Waals surface area contributed by atoms with E-state index in [1.165, 1.54) is 0 Å². The van der Waals surface area contributed by atoms with E-state index in [1.54, 1.807) is 14.0 Å². The first-order chi connectivity index (χ1) is 4.81. The van der Waals surface area contributed by atoms with Crippen molar-refractivity contribution in [2.75, 3.05) is 13.7 Å². The topological polar surface area (TPSA) is 29.5 Å². The second-order valence-corrected chi connectivity index (χ2v) is 2.07. The van der Waals surface area contributed by atoms with E-state index in [1.807, 2.05) is 0 Å². The molecule has 58 valence electrons. The molecule has 0 fully saturated rings. The summed E-state index contributed by atoms with van der Waals surface area (Å²) in [7, 11) is 1.62. The van der Waals surface area contributed by atoms with Crippen molar-refractivity contribution in [3.63, 3.8) is 0 Å².